The fourth-order valence-corrected chi connectivity index (χ4v) is 4.40. The molecule has 3 nitrogen and oxygen atoms in total. The van der Waals surface area contributed by atoms with Crippen LogP contribution < -0.4 is 0 Å². The summed E-state index contributed by atoms with van der Waals surface area (Å²) in [5.74, 6) is -0.0772. The van der Waals surface area contributed by atoms with Gasteiger partial charge in [0.15, 0.2) is 6.29 Å². The molecule has 0 bridgehead atoms. The first-order chi connectivity index (χ1) is 13.2. The molecule has 3 heteroatoms. The predicted molar refractivity (Wildman–Crippen MR) is 106 cm³/mol. The molecule has 0 saturated carbocycles. The molecule has 0 radical (unpaired) electrons. The molecule has 1 aliphatic rings. The van der Waals surface area contributed by atoms with Gasteiger partial charge in [0, 0.05) is 25.7 Å². The monoisotopic (exact) mass is 360 g/mol. The third kappa shape index (κ3) is 2.88. The molecule has 2 atom stereocenters. The van der Waals surface area contributed by atoms with Gasteiger partial charge in [0.25, 0.3) is 0 Å². The van der Waals surface area contributed by atoms with Gasteiger partial charge in [-0.05, 0) is 28.7 Å². The van der Waals surface area contributed by atoms with E-state index in [9.17, 15) is 5.11 Å². The Bertz CT molecular complexity index is 918. The van der Waals surface area contributed by atoms with Gasteiger partial charge in [-0.3, -0.25) is 0 Å². The van der Waals surface area contributed by atoms with E-state index in [0.29, 0.717) is 0 Å². The normalized spacial score (nSPS) is 21.4. The number of fused-ring (bicyclic) bond motifs is 1. The highest BCUT2D eigenvalue weighted by atomic mass is 16.7. The first-order valence-electron chi connectivity index (χ1n) is 9.20. The van der Waals surface area contributed by atoms with Crippen molar-refractivity contribution in [3.05, 3.63) is 107 Å². The topological polar surface area (TPSA) is 38.7 Å². The van der Waals surface area contributed by atoms with E-state index in [1.807, 2.05) is 60.7 Å². The molecule has 1 aliphatic carbocycles. The molecule has 0 spiro atoms. The van der Waals surface area contributed by atoms with Crippen molar-refractivity contribution in [2.75, 3.05) is 14.2 Å². The van der Waals surface area contributed by atoms with Crippen LogP contribution in [-0.2, 0) is 21.5 Å². The summed E-state index contributed by atoms with van der Waals surface area (Å²) >= 11 is 0. The van der Waals surface area contributed by atoms with Gasteiger partial charge in [-0.1, -0.05) is 78.9 Å². The number of aliphatic hydroxyl groups is 1. The van der Waals surface area contributed by atoms with Crippen molar-refractivity contribution in [1.29, 1.82) is 0 Å². The Morgan fingerprint density at radius 2 is 1.41 bits per heavy atom. The second kappa shape index (κ2) is 7.28. The Balaban J connectivity index is 1.95. The Morgan fingerprint density at radius 3 is 2.11 bits per heavy atom. The molecule has 0 aromatic heterocycles. The number of hydrogen-bond acceptors (Lipinski definition) is 3. The van der Waals surface area contributed by atoms with E-state index in [2.05, 4.69) is 18.2 Å². The van der Waals surface area contributed by atoms with Crippen LogP contribution in [0.4, 0.5) is 0 Å². The summed E-state index contributed by atoms with van der Waals surface area (Å²) in [5, 5.41) is 12.2. The van der Waals surface area contributed by atoms with E-state index >= 15 is 0 Å². The van der Waals surface area contributed by atoms with Crippen molar-refractivity contribution >= 4 is 0 Å². The molecule has 0 amide bonds. The van der Waals surface area contributed by atoms with Gasteiger partial charge in [-0.2, -0.15) is 0 Å². The average Bonchev–Trinajstić information content (AvgIpc) is 3.04. The van der Waals surface area contributed by atoms with E-state index in [4.69, 9.17) is 9.47 Å². The van der Waals surface area contributed by atoms with Crippen LogP contribution in [-0.4, -0.2) is 19.3 Å². The van der Waals surface area contributed by atoms with Gasteiger partial charge in [0.05, 0.1) is 0 Å². The number of rotatable bonds is 5. The number of ether oxygens (including phenoxy) is 2. The van der Waals surface area contributed by atoms with Crippen molar-refractivity contribution in [2.24, 2.45) is 0 Å². The van der Waals surface area contributed by atoms with Gasteiger partial charge in [-0.25, -0.2) is 0 Å². The highest BCUT2D eigenvalue weighted by molar-refractivity contribution is 5.53. The molecule has 4 rings (SSSR count). The Morgan fingerprint density at radius 1 is 0.815 bits per heavy atom. The zero-order valence-corrected chi connectivity index (χ0v) is 15.6. The van der Waals surface area contributed by atoms with Crippen molar-refractivity contribution in [3.8, 4) is 0 Å². The SMILES string of the molecule is COC(OC)c1ccccc1C1(O)c2ccccc2CC1c1ccccc1. The van der Waals surface area contributed by atoms with E-state index in [1.54, 1.807) is 14.2 Å². The first kappa shape index (κ1) is 17.9. The molecule has 1 N–H and O–H groups in total. The fraction of sp³-hybridized carbons (Fsp3) is 0.250. The van der Waals surface area contributed by atoms with Crippen LogP contribution in [0.5, 0.6) is 0 Å². The maximum atomic E-state index is 12.2. The van der Waals surface area contributed by atoms with Crippen molar-refractivity contribution in [1.82, 2.24) is 0 Å². The zero-order valence-electron chi connectivity index (χ0n) is 15.6. The summed E-state index contributed by atoms with van der Waals surface area (Å²) in [5.41, 5.74) is 3.79. The van der Waals surface area contributed by atoms with Crippen LogP contribution in [0.2, 0.25) is 0 Å². The van der Waals surface area contributed by atoms with Crippen LogP contribution >= 0.6 is 0 Å². The standard InChI is InChI=1S/C24H24O3/c1-26-23(27-2)19-13-7-9-15-21(19)24(25)20-14-8-6-12-18(20)16-22(24)17-10-4-3-5-11-17/h3-15,22-23,25H,16H2,1-2H3. The summed E-state index contributed by atoms with van der Waals surface area (Å²) < 4.78 is 11.1. The van der Waals surface area contributed by atoms with Crippen molar-refractivity contribution in [2.45, 2.75) is 24.2 Å². The molecule has 0 heterocycles. The molecule has 0 aliphatic heterocycles. The molecule has 2 unspecified atom stereocenters. The molecule has 3 aromatic carbocycles. The number of methoxy groups -OCH3 is 2. The van der Waals surface area contributed by atoms with Crippen LogP contribution in [0.3, 0.4) is 0 Å². The molecular weight excluding hydrogens is 336 g/mol. The lowest BCUT2D eigenvalue weighted by molar-refractivity contribution is -0.108. The molecule has 138 valence electrons. The second-order valence-corrected chi connectivity index (χ2v) is 6.98. The Kier molecular flexibility index (Phi) is 4.83. The Labute approximate surface area is 160 Å². The lowest BCUT2D eigenvalue weighted by Crippen LogP contribution is -2.33. The fourth-order valence-electron chi connectivity index (χ4n) is 4.40. The van der Waals surface area contributed by atoms with Crippen LogP contribution in [0, 0.1) is 0 Å². The highest BCUT2D eigenvalue weighted by Crippen LogP contribution is 2.52. The molecule has 0 fully saturated rings. The lowest BCUT2D eigenvalue weighted by Gasteiger charge is -2.35. The maximum absolute atomic E-state index is 12.2. The van der Waals surface area contributed by atoms with Gasteiger partial charge >= 0.3 is 0 Å². The second-order valence-electron chi connectivity index (χ2n) is 6.98. The smallest absolute Gasteiger partial charge is 0.183 e. The quantitative estimate of drug-likeness (QED) is 0.678. The number of benzene rings is 3. The maximum Gasteiger partial charge on any atom is 0.183 e. The lowest BCUT2D eigenvalue weighted by atomic mass is 9.75. The van der Waals surface area contributed by atoms with Crippen LogP contribution in [0.1, 0.15) is 40.0 Å². The van der Waals surface area contributed by atoms with E-state index < -0.39 is 11.9 Å². The van der Waals surface area contributed by atoms with Crippen LogP contribution in [0.25, 0.3) is 0 Å². The third-order valence-corrected chi connectivity index (χ3v) is 5.61. The zero-order chi connectivity index (χ0) is 18.9. The minimum Gasteiger partial charge on any atom is -0.380 e. The van der Waals surface area contributed by atoms with Crippen LogP contribution in [0.15, 0.2) is 78.9 Å². The van der Waals surface area contributed by atoms with Crippen molar-refractivity contribution < 1.29 is 14.6 Å². The number of hydrogen-bond donors (Lipinski definition) is 1. The minimum atomic E-state index is -1.15. The summed E-state index contributed by atoms with van der Waals surface area (Å²) in [7, 11) is 3.23. The van der Waals surface area contributed by atoms with Crippen molar-refractivity contribution in [3.63, 3.8) is 0 Å². The minimum absolute atomic E-state index is 0.0772. The first-order valence-corrected chi connectivity index (χ1v) is 9.20. The average molecular weight is 360 g/mol. The summed E-state index contributed by atoms with van der Waals surface area (Å²) in [6.45, 7) is 0. The van der Waals surface area contributed by atoms with Gasteiger partial charge in [0.1, 0.15) is 5.60 Å². The highest BCUT2D eigenvalue weighted by Gasteiger charge is 2.48. The van der Waals surface area contributed by atoms with Gasteiger partial charge in [-0.15, -0.1) is 0 Å². The van der Waals surface area contributed by atoms with E-state index in [-0.39, 0.29) is 5.92 Å². The van der Waals surface area contributed by atoms with E-state index in [0.717, 1.165) is 28.7 Å². The van der Waals surface area contributed by atoms with E-state index in [1.165, 1.54) is 5.56 Å². The molecule has 27 heavy (non-hydrogen) atoms. The molecule has 3 aromatic rings. The summed E-state index contributed by atoms with van der Waals surface area (Å²) in [6.07, 6.45) is 0.254. The Hall–Kier alpha value is -2.46. The van der Waals surface area contributed by atoms with Gasteiger partial charge < -0.3 is 14.6 Å². The van der Waals surface area contributed by atoms with Gasteiger partial charge in [0.2, 0.25) is 0 Å². The summed E-state index contributed by atoms with van der Waals surface area (Å²) in [4.78, 5) is 0. The molecular formula is C24H24O3. The molecule has 0 saturated heterocycles. The predicted octanol–water partition coefficient (Wildman–Crippen LogP) is 4.55. The largest absolute Gasteiger partial charge is 0.380 e. The third-order valence-electron chi connectivity index (χ3n) is 5.61. The summed E-state index contributed by atoms with van der Waals surface area (Å²) in [6, 6.07) is 26.3.